The van der Waals surface area contributed by atoms with Crippen LogP contribution >= 0.6 is 46.3 Å². The van der Waals surface area contributed by atoms with E-state index in [1.165, 1.54) is 16.6 Å². The highest BCUT2D eigenvalue weighted by Crippen LogP contribution is 2.26. The maximum Gasteiger partial charge on any atom is 0.230 e. The van der Waals surface area contributed by atoms with Crippen molar-refractivity contribution in [1.82, 2.24) is 20.1 Å². The molecule has 0 aliphatic rings. The molecule has 0 aliphatic carbocycles. The van der Waals surface area contributed by atoms with E-state index >= 15 is 0 Å². The Bertz CT molecular complexity index is 928. The molecule has 1 atom stereocenters. The van der Waals surface area contributed by atoms with E-state index in [1.807, 2.05) is 36.1 Å². The van der Waals surface area contributed by atoms with Gasteiger partial charge in [-0.1, -0.05) is 47.1 Å². The number of hydrogen-bond donors (Lipinski definition) is 1. The summed E-state index contributed by atoms with van der Waals surface area (Å²) in [5, 5.41) is 15.2. The van der Waals surface area contributed by atoms with Crippen molar-refractivity contribution < 1.29 is 4.79 Å². The van der Waals surface area contributed by atoms with Crippen molar-refractivity contribution in [3.63, 3.8) is 0 Å². The average molecular weight is 441 g/mol. The average Bonchev–Trinajstić information content (AvgIpc) is 3.24. The first-order valence-electron chi connectivity index (χ1n) is 8.22. The van der Waals surface area contributed by atoms with E-state index in [9.17, 15) is 4.79 Å². The molecule has 5 nitrogen and oxygen atoms in total. The van der Waals surface area contributed by atoms with Gasteiger partial charge in [0.25, 0.3) is 0 Å². The second-order valence-corrected chi connectivity index (χ2v) is 8.78. The summed E-state index contributed by atoms with van der Waals surface area (Å²) in [6.45, 7) is 1.89. The Kier molecular flexibility index (Phi) is 6.81. The molecule has 1 aromatic carbocycles. The summed E-state index contributed by atoms with van der Waals surface area (Å²) in [6.07, 6.45) is 0.736. The summed E-state index contributed by atoms with van der Waals surface area (Å²) >= 11 is 15.2. The van der Waals surface area contributed by atoms with Gasteiger partial charge in [-0.05, 0) is 36.1 Å². The minimum Gasteiger partial charge on any atom is -0.349 e. The molecule has 0 aliphatic heterocycles. The Labute approximate surface area is 176 Å². The molecule has 142 valence electrons. The van der Waals surface area contributed by atoms with E-state index in [4.69, 9.17) is 23.2 Å². The molecule has 0 spiro atoms. The van der Waals surface area contributed by atoms with Crippen molar-refractivity contribution in [2.24, 2.45) is 7.05 Å². The van der Waals surface area contributed by atoms with Crippen molar-refractivity contribution >= 4 is 52.2 Å². The zero-order valence-corrected chi connectivity index (χ0v) is 17.9. The number of thiophene rings is 1. The maximum atomic E-state index is 12.3. The first kappa shape index (κ1) is 20.2. The van der Waals surface area contributed by atoms with Crippen LogP contribution in [0.3, 0.4) is 0 Å². The predicted molar refractivity (Wildman–Crippen MR) is 112 cm³/mol. The standard InChI is InChI=1S/C18H18Cl2N4OS2/c1-11(14-6-5-12(19)8-15(14)20)21-17(25)10-27-18-23-22-16(24(18)2)9-13-4-3-7-26-13/h3-8,11H,9-10H2,1-2H3,(H,21,25). The number of rotatable bonds is 7. The van der Waals surface area contributed by atoms with Crippen LogP contribution in [0.1, 0.15) is 29.2 Å². The molecule has 2 aromatic heterocycles. The van der Waals surface area contributed by atoms with Crippen molar-refractivity contribution in [3.8, 4) is 0 Å². The minimum absolute atomic E-state index is 0.0960. The van der Waals surface area contributed by atoms with E-state index in [1.54, 1.807) is 23.5 Å². The van der Waals surface area contributed by atoms with Gasteiger partial charge in [0.1, 0.15) is 5.82 Å². The molecule has 1 N–H and O–H groups in total. The van der Waals surface area contributed by atoms with Gasteiger partial charge < -0.3 is 9.88 Å². The molecule has 3 rings (SSSR count). The summed E-state index contributed by atoms with van der Waals surface area (Å²) in [6, 6.07) is 9.13. The topological polar surface area (TPSA) is 59.8 Å². The van der Waals surface area contributed by atoms with Gasteiger partial charge in [0.05, 0.1) is 11.8 Å². The Morgan fingerprint density at radius 1 is 1.33 bits per heavy atom. The fourth-order valence-electron chi connectivity index (χ4n) is 2.54. The highest BCUT2D eigenvalue weighted by atomic mass is 35.5. The van der Waals surface area contributed by atoms with E-state index < -0.39 is 0 Å². The van der Waals surface area contributed by atoms with Crippen LogP contribution in [0.4, 0.5) is 0 Å². The van der Waals surface area contributed by atoms with Crippen LogP contribution in [0, 0.1) is 0 Å². The Hall–Kier alpha value is -1.54. The number of carbonyl (C=O) groups is 1. The summed E-state index contributed by atoms with van der Waals surface area (Å²) in [5.41, 5.74) is 0.830. The summed E-state index contributed by atoms with van der Waals surface area (Å²) in [7, 11) is 1.92. The predicted octanol–water partition coefficient (Wildman–Crippen LogP) is 4.74. The molecule has 0 fully saturated rings. The quantitative estimate of drug-likeness (QED) is 0.538. The Morgan fingerprint density at radius 2 is 2.15 bits per heavy atom. The fourth-order valence-corrected chi connectivity index (χ4v) is 4.55. The number of benzene rings is 1. The summed E-state index contributed by atoms with van der Waals surface area (Å²) in [4.78, 5) is 13.5. The lowest BCUT2D eigenvalue weighted by molar-refractivity contribution is -0.119. The van der Waals surface area contributed by atoms with Crippen LogP contribution in [0.15, 0.2) is 40.9 Å². The lowest BCUT2D eigenvalue weighted by atomic mass is 10.1. The number of nitrogens with zero attached hydrogens (tertiary/aromatic N) is 3. The summed E-state index contributed by atoms with van der Waals surface area (Å²) < 4.78 is 1.93. The van der Waals surface area contributed by atoms with E-state index in [0.717, 1.165) is 17.8 Å². The van der Waals surface area contributed by atoms with Crippen molar-refractivity contribution in [3.05, 3.63) is 62.0 Å². The second kappa shape index (κ2) is 9.10. The van der Waals surface area contributed by atoms with Gasteiger partial charge in [-0.25, -0.2) is 0 Å². The van der Waals surface area contributed by atoms with Gasteiger partial charge in [0, 0.05) is 28.4 Å². The third kappa shape index (κ3) is 5.25. The van der Waals surface area contributed by atoms with Gasteiger partial charge in [0.15, 0.2) is 5.16 Å². The van der Waals surface area contributed by atoms with Crippen LogP contribution in [0.5, 0.6) is 0 Å². The molecule has 9 heteroatoms. The minimum atomic E-state index is -0.211. The third-order valence-electron chi connectivity index (χ3n) is 3.98. The van der Waals surface area contributed by atoms with Crippen LogP contribution in [0.2, 0.25) is 10.0 Å². The molecule has 0 saturated carbocycles. The van der Waals surface area contributed by atoms with Crippen molar-refractivity contribution in [2.45, 2.75) is 24.5 Å². The Balaban J connectivity index is 1.55. The number of hydrogen-bond acceptors (Lipinski definition) is 5. The van der Waals surface area contributed by atoms with Crippen LogP contribution in [0.25, 0.3) is 0 Å². The van der Waals surface area contributed by atoms with Crippen molar-refractivity contribution in [1.29, 1.82) is 0 Å². The fraction of sp³-hybridized carbons (Fsp3) is 0.278. The normalized spacial score (nSPS) is 12.1. The molecule has 2 heterocycles. The van der Waals surface area contributed by atoms with Gasteiger partial charge >= 0.3 is 0 Å². The molecular weight excluding hydrogens is 423 g/mol. The van der Waals surface area contributed by atoms with E-state index in [-0.39, 0.29) is 17.7 Å². The number of halogens is 2. The molecule has 0 bridgehead atoms. The molecule has 1 unspecified atom stereocenters. The lowest BCUT2D eigenvalue weighted by Gasteiger charge is -2.15. The third-order valence-corrected chi connectivity index (χ3v) is 6.44. The SMILES string of the molecule is CC(NC(=O)CSc1nnc(Cc2cccs2)n1C)c1ccc(Cl)cc1Cl. The number of amides is 1. The number of aromatic nitrogens is 3. The largest absolute Gasteiger partial charge is 0.349 e. The van der Waals surface area contributed by atoms with Crippen LogP contribution < -0.4 is 5.32 Å². The molecule has 0 radical (unpaired) electrons. The second-order valence-electron chi connectivity index (χ2n) is 5.96. The number of thioether (sulfide) groups is 1. The lowest BCUT2D eigenvalue weighted by Crippen LogP contribution is -2.28. The Morgan fingerprint density at radius 3 is 2.85 bits per heavy atom. The van der Waals surface area contributed by atoms with Gasteiger partial charge in [-0.15, -0.1) is 21.5 Å². The van der Waals surface area contributed by atoms with Gasteiger partial charge in [-0.2, -0.15) is 0 Å². The molecule has 1 amide bonds. The van der Waals surface area contributed by atoms with E-state index in [0.29, 0.717) is 15.2 Å². The summed E-state index contributed by atoms with van der Waals surface area (Å²) in [5.74, 6) is 1.03. The zero-order chi connectivity index (χ0) is 19.4. The van der Waals surface area contributed by atoms with Crippen LogP contribution in [-0.2, 0) is 18.3 Å². The highest BCUT2D eigenvalue weighted by molar-refractivity contribution is 7.99. The number of nitrogens with one attached hydrogen (secondary N) is 1. The van der Waals surface area contributed by atoms with Gasteiger partial charge in [-0.3, -0.25) is 4.79 Å². The number of carbonyl (C=O) groups excluding carboxylic acids is 1. The van der Waals surface area contributed by atoms with Crippen molar-refractivity contribution in [2.75, 3.05) is 5.75 Å². The van der Waals surface area contributed by atoms with Gasteiger partial charge in [0.2, 0.25) is 5.91 Å². The molecule has 3 aromatic rings. The van der Waals surface area contributed by atoms with E-state index in [2.05, 4.69) is 21.6 Å². The zero-order valence-electron chi connectivity index (χ0n) is 14.8. The first-order chi connectivity index (χ1) is 12.9. The molecule has 0 saturated heterocycles. The maximum absolute atomic E-state index is 12.3. The van der Waals surface area contributed by atoms with Crippen LogP contribution in [-0.4, -0.2) is 26.4 Å². The molecule has 27 heavy (non-hydrogen) atoms. The molecular formula is C18H18Cl2N4OS2. The first-order valence-corrected chi connectivity index (χ1v) is 10.8. The smallest absolute Gasteiger partial charge is 0.230 e. The highest BCUT2D eigenvalue weighted by Gasteiger charge is 2.15. The monoisotopic (exact) mass is 440 g/mol.